The first kappa shape index (κ1) is 13.3. The van der Waals surface area contributed by atoms with Crippen molar-refractivity contribution in [1.29, 1.82) is 0 Å². The molecule has 5 nitrogen and oxygen atoms in total. The first-order valence-corrected chi connectivity index (χ1v) is 5.90. The van der Waals surface area contributed by atoms with Crippen LogP contribution in [0.5, 0.6) is 0 Å². The van der Waals surface area contributed by atoms with Crippen LogP contribution < -0.4 is 11.1 Å². The van der Waals surface area contributed by atoms with Gasteiger partial charge in [-0.05, 0) is 24.8 Å². The minimum absolute atomic E-state index is 0.0171. The average molecular weight is 229 g/mol. The summed E-state index contributed by atoms with van der Waals surface area (Å²) >= 11 is 0. The number of amides is 2. The predicted octanol–water partition coefficient (Wildman–Crippen LogP) is 0.259. The van der Waals surface area contributed by atoms with Gasteiger partial charge in [-0.1, -0.05) is 6.92 Å². The molecule has 0 bridgehead atoms. The average Bonchev–Trinajstić information content (AvgIpc) is 2.61. The van der Waals surface area contributed by atoms with E-state index in [-0.39, 0.29) is 6.03 Å². The largest absolute Gasteiger partial charge is 0.383 e. The topological polar surface area (TPSA) is 67.6 Å². The van der Waals surface area contributed by atoms with Gasteiger partial charge in [0.15, 0.2) is 0 Å². The Balaban J connectivity index is 2.30. The summed E-state index contributed by atoms with van der Waals surface area (Å²) in [4.78, 5) is 13.6. The Hall–Kier alpha value is -0.810. The maximum Gasteiger partial charge on any atom is 0.317 e. The van der Waals surface area contributed by atoms with Gasteiger partial charge in [0.2, 0.25) is 0 Å². The predicted molar refractivity (Wildman–Crippen MR) is 63.2 cm³/mol. The van der Waals surface area contributed by atoms with Crippen LogP contribution in [-0.2, 0) is 4.74 Å². The monoisotopic (exact) mass is 229 g/mol. The summed E-state index contributed by atoms with van der Waals surface area (Å²) in [5, 5.41) is 2.84. The second-order valence-corrected chi connectivity index (χ2v) is 4.44. The molecule has 0 aromatic carbocycles. The van der Waals surface area contributed by atoms with Crippen molar-refractivity contribution >= 4 is 6.03 Å². The first-order chi connectivity index (χ1) is 7.69. The summed E-state index contributed by atoms with van der Waals surface area (Å²) in [6.07, 6.45) is 1.00. The van der Waals surface area contributed by atoms with Gasteiger partial charge in [-0.15, -0.1) is 0 Å². The SMILES string of the molecule is COCCNC(=O)N1C[C@@H](CCN)[C@H](C)C1. The molecule has 1 heterocycles. The van der Waals surface area contributed by atoms with E-state index in [4.69, 9.17) is 10.5 Å². The summed E-state index contributed by atoms with van der Waals surface area (Å²) in [7, 11) is 1.63. The van der Waals surface area contributed by atoms with E-state index in [9.17, 15) is 4.79 Å². The van der Waals surface area contributed by atoms with Crippen molar-refractivity contribution in [2.24, 2.45) is 17.6 Å². The second kappa shape index (κ2) is 6.70. The standard InChI is InChI=1S/C11H23N3O2/c1-9-7-14(8-10(9)3-4-12)11(15)13-5-6-16-2/h9-10H,3-8,12H2,1-2H3,(H,13,15)/t9-,10-/m1/s1. The fraction of sp³-hybridized carbons (Fsp3) is 0.909. The molecular formula is C11H23N3O2. The minimum Gasteiger partial charge on any atom is -0.383 e. The van der Waals surface area contributed by atoms with Crippen LogP contribution in [0.25, 0.3) is 0 Å². The quantitative estimate of drug-likeness (QED) is 0.664. The molecule has 2 amide bonds. The van der Waals surface area contributed by atoms with Crippen molar-refractivity contribution in [1.82, 2.24) is 10.2 Å². The van der Waals surface area contributed by atoms with Crippen molar-refractivity contribution in [3.8, 4) is 0 Å². The van der Waals surface area contributed by atoms with Gasteiger partial charge < -0.3 is 20.7 Å². The van der Waals surface area contributed by atoms with E-state index in [0.29, 0.717) is 31.5 Å². The Labute approximate surface area is 97.3 Å². The second-order valence-electron chi connectivity index (χ2n) is 4.44. The summed E-state index contributed by atoms with van der Waals surface area (Å²) in [6, 6.07) is 0.0171. The number of nitrogens with one attached hydrogen (secondary N) is 1. The maximum atomic E-state index is 11.7. The Kier molecular flexibility index (Phi) is 5.55. The zero-order chi connectivity index (χ0) is 12.0. The molecule has 2 atom stereocenters. The molecule has 1 saturated heterocycles. The lowest BCUT2D eigenvalue weighted by molar-refractivity contribution is 0.184. The van der Waals surface area contributed by atoms with Crippen LogP contribution >= 0.6 is 0 Å². The van der Waals surface area contributed by atoms with Crippen molar-refractivity contribution < 1.29 is 9.53 Å². The van der Waals surface area contributed by atoms with Gasteiger partial charge >= 0.3 is 6.03 Å². The van der Waals surface area contributed by atoms with E-state index in [1.54, 1.807) is 7.11 Å². The summed E-state index contributed by atoms with van der Waals surface area (Å²) < 4.78 is 4.89. The lowest BCUT2D eigenvalue weighted by atomic mass is 9.95. The van der Waals surface area contributed by atoms with Gasteiger partial charge in [-0.3, -0.25) is 0 Å². The number of rotatable bonds is 5. The van der Waals surface area contributed by atoms with Crippen LogP contribution in [0.2, 0.25) is 0 Å². The number of likely N-dealkylation sites (tertiary alicyclic amines) is 1. The fourth-order valence-electron chi connectivity index (χ4n) is 2.16. The lowest BCUT2D eigenvalue weighted by Crippen LogP contribution is -2.40. The van der Waals surface area contributed by atoms with Gasteiger partial charge in [-0.25, -0.2) is 4.79 Å². The first-order valence-electron chi connectivity index (χ1n) is 5.90. The van der Waals surface area contributed by atoms with Gasteiger partial charge in [0.05, 0.1) is 6.61 Å². The molecule has 0 unspecified atom stereocenters. The Morgan fingerprint density at radius 2 is 2.31 bits per heavy atom. The number of nitrogens with zero attached hydrogens (tertiary/aromatic N) is 1. The Bertz CT molecular complexity index is 223. The normalized spacial score (nSPS) is 24.8. The van der Waals surface area contributed by atoms with E-state index in [0.717, 1.165) is 19.5 Å². The smallest absolute Gasteiger partial charge is 0.317 e. The molecular weight excluding hydrogens is 206 g/mol. The zero-order valence-corrected chi connectivity index (χ0v) is 10.2. The number of carbonyl (C=O) groups is 1. The van der Waals surface area contributed by atoms with Crippen LogP contribution in [0.4, 0.5) is 4.79 Å². The molecule has 16 heavy (non-hydrogen) atoms. The molecule has 0 spiro atoms. The highest BCUT2D eigenvalue weighted by atomic mass is 16.5. The molecule has 3 N–H and O–H groups in total. The number of ether oxygens (including phenoxy) is 1. The number of nitrogens with two attached hydrogens (primary N) is 1. The Morgan fingerprint density at radius 1 is 1.56 bits per heavy atom. The highest BCUT2D eigenvalue weighted by Gasteiger charge is 2.31. The molecule has 0 saturated carbocycles. The zero-order valence-electron chi connectivity index (χ0n) is 10.2. The van der Waals surface area contributed by atoms with Gasteiger partial charge in [0.1, 0.15) is 0 Å². The van der Waals surface area contributed by atoms with E-state index in [1.807, 2.05) is 4.90 Å². The maximum absolute atomic E-state index is 11.7. The molecule has 0 aromatic rings. The molecule has 94 valence electrons. The molecule has 0 aliphatic carbocycles. The minimum atomic E-state index is 0.0171. The molecule has 1 aliphatic heterocycles. The van der Waals surface area contributed by atoms with Crippen LogP contribution in [0, 0.1) is 11.8 Å². The Morgan fingerprint density at radius 3 is 2.94 bits per heavy atom. The molecule has 0 radical (unpaired) electrons. The molecule has 1 rings (SSSR count). The van der Waals surface area contributed by atoms with Crippen molar-refractivity contribution in [3.63, 3.8) is 0 Å². The summed E-state index contributed by atoms with van der Waals surface area (Å²) in [5.41, 5.74) is 5.55. The third kappa shape index (κ3) is 3.64. The van der Waals surface area contributed by atoms with Crippen LogP contribution in [0.1, 0.15) is 13.3 Å². The number of methoxy groups -OCH3 is 1. The van der Waals surface area contributed by atoms with Gasteiger partial charge in [-0.2, -0.15) is 0 Å². The third-order valence-electron chi connectivity index (χ3n) is 3.18. The van der Waals surface area contributed by atoms with Gasteiger partial charge in [0.25, 0.3) is 0 Å². The summed E-state index contributed by atoms with van der Waals surface area (Å²) in [5.74, 6) is 1.11. The molecule has 1 aliphatic rings. The van der Waals surface area contributed by atoms with Crippen LogP contribution in [-0.4, -0.2) is 50.8 Å². The van der Waals surface area contributed by atoms with E-state index < -0.39 is 0 Å². The highest BCUT2D eigenvalue weighted by molar-refractivity contribution is 5.74. The van der Waals surface area contributed by atoms with E-state index in [1.165, 1.54) is 0 Å². The highest BCUT2D eigenvalue weighted by Crippen LogP contribution is 2.25. The molecule has 1 fully saturated rings. The molecule has 5 heteroatoms. The van der Waals surface area contributed by atoms with E-state index in [2.05, 4.69) is 12.2 Å². The third-order valence-corrected chi connectivity index (χ3v) is 3.18. The van der Waals surface area contributed by atoms with Crippen molar-refractivity contribution in [2.45, 2.75) is 13.3 Å². The number of hydrogen-bond donors (Lipinski definition) is 2. The molecule has 0 aromatic heterocycles. The van der Waals surface area contributed by atoms with Gasteiger partial charge in [0, 0.05) is 26.7 Å². The van der Waals surface area contributed by atoms with E-state index >= 15 is 0 Å². The van der Waals surface area contributed by atoms with Crippen LogP contribution in [0.3, 0.4) is 0 Å². The van der Waals surface area contributed by atoms with Crippen molar-refractivity contribution in [3.05, 3.63) is 0 Å². The lowest BCUT2D eigenvalue weighted by Gasteiger charge is -2.17. The van der Waals surface area contributed by atoms with Crippen molar-refractivity contribution in [2.75, 3.05) is 39.9 Å². The number of urea groups is 1. The number of hydrogen-bond acceptors (Lipinski definition) is 3. The summed E-state index contributed by atoms with van der Waals surface area (Å²) in [6.45, 7) is 5.68. The number of carbonyl (C=O) groups excluding carboxylic acids is 1. The fourth-order valence-corrected chi connectivity index (χ4v) is 2.16. The van der Waals surface area contributed by atoms with Crippen LogP contribution in [0.15, 0.2) is 0 Å².